The Hall–Kier alpha value is -2.05. The van der Waals surface area contributed by atoms with Crippen LogP contribution in [0.15, 0.2) is 46.8 Å². The molecule has 0 bridgehead atoms. The minimum atomic E-state index is -0.356. The third-order valence-electron chi connectivity index (χ3n) is 2.91. The number of fused-ring (bicyclic) bond motifs is 1. The lowest BCUT2D eigenvalue weighted by molar-refractivity contribution is -0.113. The molecule has 2 aromatic heterocycles. The van der Waals surface area contributed by atoms with Crippen molar-refractivity contribution in [3.8, 4) is 0 Å². The summed E-state index contributed by atoms with van der Waals surface area (Å²) in [6.45, 7) is 0. The molecule has 3 nitrogen and oxygen atoms in total. The molecule has 1 amide bonds. The topological polar surface area (TPSA) is 34.4 Å². The number of carbonyl (C=O) groups excluding carboxylic acids is 1. The van der Waals surface area contributed by atoms with Gasteiger partial charge in [0.25, 0.3) is 5.91 Å². The van der Waals surface area contributed by atoms with Gasteiger partial charge < -0.3 is 4.57 Å². The molecule has 1 aromatic carbocycles. The number of halogens is 1. The fourth-order valence-corrected chi connectivity index (χ4v) is 3.59. The van der Waals surface area contributed by atoms with Crippen molar-refractivity contribution in [2.24, 2.45) is 12.0 Å². The van der Waals surface area contributed by atoms with Crippen molar-refractivity contribution < 1.29 is 9.18 Å². The molecular formula is C15H11FN2OS2. The summed E-state index contributed by atoms with van der Waals surface area (Å²) in [6, 6.07) is 8.70. The van der Waals surface area contributed by atoms with Gasteiger partial charge in [-0.15, -0.1) is 11.3 Å². The van der Waals surface area contributed by atoms with Gasteiger partial charge in [0.2, 0.25) is 0 Å². The second kappa shape index (κ2) is 5.75. The van der Waals surface area contributed by atoms with Crippen molar-refractivity contribution >= 4 is 44.9 Å². The van der Waals surface area contributed by atoms with Crippen LogP contribution in [0.1, 0.15) is 4.88 Å². The first-order chi connectivity index (χ1) is 10.1. The first kappa shape index (κ1) is 13.9. The minimum Gasteiger partial charge on any atom is -0.317 e. The van der Waals surface area contributed by atoms with E-state index < -0.39 is 0 Å². The fraction of sp³-hybridized carbons (Fsp3) is 0.0667. The summed E-state index contributed by atoms with van der Waals surface area (Å²) in [5.74, 6) is -0.666. The summed E-state index contributed by atoms with van der Waals surface area (Å²) in [5.41, 5.74) is 0.469. The number of thiophene rings is 1. The molecule has 0 unspecified atom stereocenters. The van der Waals surface area contributed by atoms with E-state index in [0.29, 0.717) is 10.3 Å². The molecule has 0 N–H and O–H groups in total. The van der Waals surface area contributed by atoms with Crippen LogP contribution in [0.3, 0.4) is 0 Å². The van der Waals surface area contributed by atoms with E-state index in [-0.39, 0.29) is 11.7 Å². The van der Waals surface area contributed by atoms with Crippen LogP contribution in [-0.4, -0.2) is 10.5 Å². The summed E-state index contributed by atoms with van der Waals surface area (Å²) in [4.78, 5) is 17.4. The van der Waals surface area contributed by atoms with Gasteiger partial charge in [0, 0.05) is 18.0 Å². The molecule has 0 atom stereocenters. The highest BCUT2D eigenvalue weighted by atomic mass is 32.1. The molecule has 2 heterocycles. The van der Waals surface area contributed by atoms with Gasteiger partial charge in [0.1, 0.15) is 5.82 Å². The van der Waals surface area contributed by atoms with Crippen LogP contribution < -0.4 is 4.80 Å². The van der Waals surface area contributed by atoms with Gasteiger partial charge in [0.15, 0.2) is 4.80 Å². The van der Waals surface area contributed by atoms with Crippen molar-refractivity contribution in [2.75, 3.05) is 0 Å². The molecule has 0 radical (unpaired) electrons. The van der Waals surface area contributed by atoms with Gasteiger partial charge in [-0.2, -0.15) is 4.99 Å². The monoisotopic (exact) mass is 318 g/mol. The highest BCUT2D eigenvalue weighted by Gasteiger charge is 2.07. The summed E-state index contributed by atoms with van der Waals surface area (Å²) in [5, 5.41) is 1.94. The molecule has 6 heteroatoms. The van der Waals surface area contributed by atoms with Crippen LogP contribution >= 0.6 is 22.7 Å². The number of para-hydroxylation sites is 1. The van der Waals surface area contributed by atoms with Crippen LogP contribution in [0.4, 0.5) is 4.39 Å². The maximum absolute atomic E-state index is 13.8. The number of rotatable bonds is 2. The highest BCUT2D eigenvalue weighted by molar-refractivity contribution is 7.16. The zero-order valence-corrected chi connectivity index (χ0v) is 12.7. The standard InChI is InChI=1S/C15H11FN2OS2/c1-18-14-11(16)5-2-6-12(14)21-15(18)17-13(19)8-7-10-4-3-9-20-10/h2-9H,1H3/b8-7+,17-15?. The Morgan fingerprint density at radius 2 is 2.19 bits per heavy atom. The Morgan fingerprint density at radius 3 is 2.90 bits per heavy atom. The van der Waals surface area contributed by atoms with Gasteiger partial charge in [0.05, 0.1) is 10.2 Å². The average molecular weight is 318 g/mol. The Morgan fingerprint density at radius 1 is 1.33 bits per heavy atom. The van der Waals surface area contributed by atoms with Crippen LogP contribution in [0.25, 0.3) is 16.3 Å². The zero-order chi connectivity index (χ0) is 14.8. The number of nitrogens with zero attached hydrogens (tertiary/aromatic N) is 2. The van der Waals surface area contributed by atoms with Gasteiger partial charge in [-0.05, 0) is 29.7 Å². The maximum Gasteiger partial charge on any atom is 0.272 e. The van der Waals surface area contributed by atoms with Crippen LogP contribution in [0, 0.1) is 5.82 Å². The van der Waals surface area contributed by atoms with E-state index in [2.05, 4.69) is 4.99 Å². The lowest BCUT2D eigenvalue weighted by Crippen LogP contribution is -2.12. The van der Waals surface area contributed by atoms with Gasteiger partial charge >= 0.3 is 0 Å². The number of aryl methyl sites for hydroxylation is 1. The molecule has 0 aliphatic rings. The zero-order valence-electron chi connectivity index (χ0n) is 11.1. The molecule has 0 aliphatic carbocycles. The molecule has 3 aromatic rings. The number of carbonyl (C=O) groups is 1. The van der Waals surface area contributed by atoms with E-state index in [9.17, 15) is 9.18 Å². The minimum absolute atomic E-state index is 0.311. The van der Waals surface area contributed by atoms with Gasteiger partial charge in [-0.1, -0.05) is 23.5 Å². The molecule has 0 spiro atoms. The van der Waals surface area contributed by atoms with E-state index in [1.807, 2.05) is 23.6 Å². The van der Waals surface area contributed by atoms with Crippen LogP contribution in [0.5, 0.6) is 0 Å². The first-order valence-corrected chi connectivity index (χ1v) is 7.89. The Bertz CT molecular complexity index is 888. The van der Waals surface area contributed by atoms with E-state index in [1.165, 1.54) is 23.5 Å². The normalized spacial score (nSPS) is 12.6. The number of benzene rings is 1. The Kier molecular flexibility index (Phi) is 3.81. The molecule has 106 valence electrons. The Labute approximate surface area is 128 Å². The first-order valence-electron chi connectivity index (χ1n) is 6.19. The second-order valence-electron chi connectivity index (χ2n) is 4.33. The average Bonchev–Trinajstić information content (AvgIpc) is 3.07. The van der Waals surface area contributed by atoms with Crippen molar-refractivity contribution in [2.45, 2.75) is 0 Å². The largest absolute Gasteiger partial charge is 0.317 e. The predicted molar refractivity (Wildman–Crippen MR) is 84.7 cm³/mol. The van der Waals surface area contributed by atoms with Crippen LogP contribution in [0.2, 0.25) is 0 Å². The molecule has 21 heavy (non-hydrogen) atoms. The third kappa shape index (κ3) is 2.86. The molecule has 0 saturated carbocycles. The Balaban J connectivity index is 1.98. The number of amides is 1. The smallest absolute Gasteiger partial charge is 0.272 e. The summed E-state index contributed by atoms with van der Waals surface area (Å²) in [6.07, 6.45) is 3.15. The molecule has 0 aliphatic heterocycles. The van der Waals surface area contributed by atoms with E-state index in [1.54, 1.807) is 35.1 Å². The summed E-state index contributed by atoms with van der Waals surface area (Å²) >= 11 is 2.84. The fourth-order valence-electron chi connectivity index (χ4n) is 1.93. The van der Waals surface area contributed by atoms with E-state index >= 15 is 0 Å². The van der Waals surface area contributed by atoms with Gasteiger partial charge in [-0.25, -0.2) is 4.39 Å². The van der Waals surface area contributed by atoms with E-state index in [4.69, 9.17) is 0 Å². The third-order valence-corrected chi connectivity index (χ3v) is 4.85. The predicted octanol–water partition coefficient (Wildman–Crippen LogP) is 3.58. The SMILES string of the molecule is Cn1c(=NC(=O)/C=C/c2cccs2)sc2cccc(F)c21. The molecule has 0 saturated heterocycles. The number of aromatic nitrogens is 1. The van der Waals surface area contributed by atoms with Crippen molar-refractivity contribution in [1.82, 2.24) is 4.57 Å². The number of hydrogen-bond acceptors (Lipinski definition) is 3. The molecular weight excluding hydrogens is 307 g/mol. The number of thiazole rings is 1. The lowest BCUT2D eigenvalue weighted by Gasteiger charge is -1.95. The van der Waals surface area contributed by atoms with Gasteiger partial charge in [-0.3, -0.25) is 4.79 Å². The summed E-state index contributed by atoms with van der Waals surface area (Å²) in [7, 11) is 1.71. The second-order valence-corrected chi connectivity index (χ2v) is 6.32. The van der Waals surface area contributed by atoms with Crippen molar-refractivity contribution in [3.05, 3.63) is 57.3 Å². The summed E-state index contributed by atoms with van der Waals surface area (Å²) < 4.78 is 16.2. The van der Waals surface area contributed by atoms with Crippen LogP contribution in [-0.2, 0) is 11.8 Å². The van der Waals surface area contributed by atoms with Crippen molar-refractivity contribution in [3.63, 3.8) is 0 Å². The van der Waals surface area contributed by atoms with Crippen molar-refractivity contribution in [1.29, 1.82) is 0 Å². The lowest BCUT2D eigenvalue weighted by atomic mass is 10.3. The highest BCUT2D eigenvalue weighted by Crippen LogP contribution is 2.19. The maximum atomic E-state index is 13.8. The number of hydrogen-bond donors (Lipinski definition) is 0. The molecule has 0 fully saturated rings. The van der Waals surface area contributed by atoms with E-state index in [0.717, 1.165) is 9.58 Å². The quantitative estimate of drug-likeness (QED) is 0.665. The molecule has 3 rings (SSSR count).